The number of ketones is 1. The van der Waals surface area contributed by atoms with Crippen molar-refractivity contribution in [2.24, 2.45) is 4.99 Å². The van der Waals surface area contributed by atoms with Crippen molar-refractivity contribution in [3.05, 3.63) is 451 Å². The van der Waals surface area contributed by atoms with Gasteiger partial charge in [0.15, 0.2) is 18.0 Å². The number of anilines is 4. The van der Waals surface area contributed by atoms with Crippen LogP contribution in [0.5, 0.6) is 0 Å². The number of benzene rings is 16. The number of nitrogens with zero attached hydrogens (tertiary/aromatic N) is 5. The molecule has 758 valence electrons. The molecule has 0 unspecified atom stereocenters. The van der Waals surface area contributed by atoms with E-state index in [2.05, 4.69) is 469 Å². The summed E-state index contributed by atoms with van der Waals surface area (Å²) in [6, 6.07) is 95.8. The Morgan fingerprint density at radius 2 is 0.680 bits per heavy atom. The van der Waals surface area contributed by atoms with Crippen molar-refractivity contribution in [2.45, 2.75) is 140 Å². The van der Waals surface area contributed by atoms with Gasteiger partial charge in [-0.25, -0.2) is 4.58 Å². The maximum Gasteiger partial charge on any atom is 0.199 e. The number of fused-ring (bicyclic) bond motifs is 12. The average Bonchev–Trinajstić information content (AvgIpc) is 1.29. The average molecular weight is 2100 g/mol. The lowest BCUT2D eigenvalue weighted by Gasteiger charge is -2.38. The predicted octanol–water partition coefficient (Wildman–Crippen LogP) is 28.9. The minimum Gasteiger partial charge on any atom is -1.00 e. The Hall–Kier alpha value is -13.9. The van der Waals surface area contributed by atoms with E-state index in [9.17, 15) is 4.79 Å². The Morgan fingerprint density at radius 3 is 1.04 bits per heavy atom. The standard InChI is InChI=1S/C48H51N2Si.C42H42N2Si.C25H23Br.C23H28N2OSi.ClH/c1-10-24-49(6)36-19-22-43-46(30-36)51(8,9)47-31-37(50(7)25-11-2)20-23-44(47)48(43)35-27-32(5)26-34(28-35)33-18-21-42-38(12-3)40-16-14-15-17-41(40)39(13-4)45(42)29-33;1-8-32-34-12-10-11-13-35(34)33(9-2)39-23-27(14-17-36(32)39)28-20-26(3)21-29(22-28)42-37-18-15-30(43-4)24-40(37)45(6,7)41-25-31(44-5)16-19-38(41)42;1-4-20-22-8-6-7-9-23(22)21(5-2)25-15-17(10-11-24(20)25)18-12-16(3)13-19(26)14-18;1-7-13-24(3)17-9-11-19-21(15-17)27(5,6)22-16-18(25(4)14-8-2)10-12-20(22)23(19)26;/h10-11,14-23,26-31H,1-2,12-13,24-25H2,3-9H3;10-25,43H,8-9H2,1-7H3;6-15H,4-5H2,1-3H3;7-12,15-16H,1-2,13-14H2,3-6H3;1H/q+1;;;;/p-1. The molecule has 21 rings (SSSR count). The second-order valence-corrected chi connectivity index (χ2v) is 56.5. The summed E-state index contributed by atoms with van der Waals surface area (Å²) in [7, 11) is 6.25. The number of carbonyl (C=O) groups excluding carboxylic acids is 1. The van der Waals surface area contributed by atoms with E-state index in [4.69, 9.17) is 0 Å². The van der Waals surface area contributed by atoms with Gasteiger partial charge in [-0.1, -0.05) is 279 Å². The van der Waals surface area contributed by atoms with E-state index in [0.717, 1.165) is 97.4 Å². The van der Waals surface area contributed by atoms with Crippen LogP contribution in [0.1, 0.15) is 130 Å². The van der Waals surface area contributed by atoms with Crippen LogP contribution in [0.15, 0.2) is 373 Å². The second kappa shape index (κ2) is 44.7. The monoisotopic (exact) mass is 2100 g/mol. The molecule has 16 aromatic rings. The number of aryl methyl sites for hydroxylation is 9. The van der Waals surface area contributed by atoms with Crippen LogP contribution < -0.4 is 53.2 Å². The fourth-order valence-corrected chi connectivity index (χ4v) is 34.3. The molecule has 0 radical (unpaired) electrons. The maximum absolute atomic E-state index is 13.2. The SMILES string of the molecule is C=CCN(C)c1ccc2c(c1)[Si](C)(C)C1=CC(=[N+](C)CC=C)C=CC1=C2c1cc(C)cc(-c2ccc3c(CC)c4ccccc4c(CC)c3c2)c1.C=CCN(C)c1ccc2c(c1)[Si](C)(C)c1cc(N(C)CC=C)ccc1C2=O.CCc1c2ccccc2c(CC)c2cc(-c3cc(C)cc(Br)c3)ccc12.CCc1c2ccccc2c(CC)c2cc(-c3cc(C)cc(C4=C5C=CC(=NC)C=C5[Si](C)(C)c5cc(NC)ccc54)c3)ccc12.[Cl-]. The van der Waals surface area contributed by atoms with Crippen LogP contribution in [0, 0.1) is 20.8 Å². The smallest absolute Gasteiger partial charge is 0.199 e. The van der Waals surface area contributed by atoms with Gasteiger partial charge in [-0.05, 0) is 411 Å². The molecule has 0 fully saturated rings. The van der Waals surface area contributed by atoms with Crippen molar-refractivity contribution in [2.75, 3.05) is 88.5 Å². The zero-order valence-electron chi connectivity index (χ0n) is 91.8. The topological polar surface area (TPSA) is 54.2 Å². The van der Waals surface area contributed by atoms with Gasteiger partial charge < -0.3 is 32.4 Å². The van der Waals surface area contributed by atoms with Crippen molar-refractivity contribution < 1.29 is 21.8 Å². The number of carbonyl (C=O) groups is 1. The summed E-state index contributed by atoms with van der Waals surface area (Å²) in [6.45, 7) is 53.9. The number of aliphatic imine (C=N–C) groups is 1. The number of nitrogens with one attached hydrogen (secondary N) is 1. The van der Waals surface area contributed by atoms with E-state index in [-0.39, 0.29) is 18.2 Å². The Bertz CT molecular complexity index is 8380. The van der Waals surface area contributed by atoms with Crippen molar-refractivity contribution in [3.63, 3.8) is 0 Å². The fourth-order valence-electron chi connectivity index (χ4n) is 24.5. The molecule has 3 aliphatic heterocycles. The first-order chi connectivity index (χ1) is 71.8. The Balaban J connectivity index is 0.000000141. The highest BCUT2D eigenvalue weighted by Gasteiger charge is 2.44. The molecule has 0 amide bonds. The molecule has 2 aliphatic carbocycles. The number of likely N-dealkylation sites (N-methyl/N-ethyl adjacent to an activating group) is 4. The lowest BCUT2D eigenvalue weighted by molar-refractivity contribution is -0.484. The third-order valence-corrected chi connectivity index (χ3v) is 43.2. The molecule has 0 bridgehead atoms. The largest absolute Gasteiger partial charge is 1.00 e. The minimum absolute atomic E-state index is 0. The van der Waals surface area contributed by atoms with Crippen LogP contribution in [0.25, 0.3) is 109 Å². The Morgan fingerprint density at radius 1 is 0.353 bits per heavy atom. The van der Waals surface area contributed by atoms with Crippen LogP contribution in [0.4, 0.5) is 22.7 Å². The van der Waals surface area contributed by atoms with Crippen molar-refractivity contribution in [1.82, 2.24) is 0 Å². The Labute approximate surface area is 909 Å². The maximum atomic E-state index is 13.2. The lowest BCUT2D eigenvalue weighted by Crippen LogP contribution is -3.00. The molecular weight excluding hydrogens is 1960 g/mol. The zero-order valence-corrected chi connectivity index (χ0v) is 97.2. The molecule has 5 aliphatic rings. The van der Waals surface area contributed by atoms with E-state index in [1.54, 1.807) is 0 Å². The summed E-state index contributed by atoms with van der Waals surface area (Å²) in [5, 5.41) is 28.5. The van der Waals surface area contributed by atoms with Crippen LogP contribution >= 0.6 is 15.9 Å². The molecule has 0 atom stereocenters. The van der Waals surface area contributed by atoms with Gasteiger partial charge >= 0.3 is 0 Å². The zero-order chi connectivity index (χ0) is 106. The highest BCUT2D eigenvalue weighted by Crippen LogP contribution is 2.49. The molecule has 0 saturated heterocycles. The van der Waals surface area contributed by atoms with E-state index >= 15 is 0 Å². The first kappa shape index (κ1) is 107. The number of allylic oxidation sites excluding steroid dienone is 10. The van der Waals surface area contributed by atoms with Gasteiger partial charge in [-0.3, -0.25) is 9.79 Å². The van der Waals surface area contributed by atoms with Crippen LogP contribution in [0.3, 0.4) is 0 Å². The summed E-state index contributed by atoms with van der Waals surface area (Å²) in [5.41, 5.74) is 39.5. The molecule has 0 spiro atoms. The normalized spacial score (nSPS) is 14.8. The van der Waals surface area contributed by atoms with Crippen molar-refractivity contribution in [3.8, 4) is 33.4 Å². The lowest BCUT2D eigenvalue weighted by atomic mass is 9.86. The van der Waals surface area contributed by atoms with E-state index in [0.29, 0.717) is 0 Å². The molecular formula is C138H144BrClN6OSi3. The fraction of sp³-hybridized carbons (Fsp3) is 0.225. The van der Waals surface area contributed by atoms with Gasteiger partial charge in [0, 0.05) is 105 Å². The molecule has 16 aromatic carbocycles. The van der Waals surface area contributed by atoms with Gasteiger partial charge in [-0.15, -0.1) is 19.7 Å². The number of hydrogen-bond acceptors (Lipinski definition) is 6. The molecule has 0 aromatic heterocycles. The van der Waals surface area contributed by atoms with Gasteiger partial charge in [0.05, 0.1) is 5.71 Å². The molecule has 3 heterocycles. The third-order valence-electron chi connectivity index (χ3n) is 32.2. The third kappa shape index (κ3) is 20.1. The number of hydrogen-bond donors (Lipinski definition) is 1. The second-order valence-electron chi connectivity index (χ2n) is 42.6. The number of rotatable bonds is 23. The van der Waals surface area contributed by atoms with Crippen molar-refractivity contribution >= 4 is 177 Å². The molecule has 150 heavy (non-hydrogen) atoms. The minimum atomic E-state index is -2.10. The van der Waals surface area contributed by atoms with Gasteiger partial charge in [0.1, 0.15) is 31.3 Å². The summed E-state index contributed by atoms with van der Waals surface area (Å²) in [6.07, 6.45) is 27.9. The molecule has 1 N–H and O–H groups in total. The van der Waals surface area contributed by atoms with Gasteiger partial charge in [0.25, 0.3) is 0 Å². The van der Waals surface area contributed by atoms with E-state index < -0.39 is 24.2 Å². The van der Waals surface area contributed by atoms with Crippen LogP contribution in [-0.4, -0.2) is 114 Å². The van der Waals surface area contributed by atoms with Crippen LogP contribution in [-0.2, 0) is 38.5 Å². The van der Waals surface area contributed by atoms with Crippen molar-refractivity contribution in [1.29, 1.82) is 0 Å². The van der Waals surface area contributed by atoms with E-state index in [1.165, 1.54) is 241 Å². The number of halogens is 2. The first-order valence-electron chi connectivity index (χ1n) is 53.5. The van der Waals surface area contributed by atoms with Gasteiger partial charge in [0.2, 0.25) is 0 Å². The summed E-state index contributed by atoms with van der Waals surface area (Å²) >= 11 is 3.64. The first-order valence-corrected chi connectivity index (χ1v) is 63.3. The summed E-state index contributed by atoms with van der Waals surface area (Å²) < 4.78 is 3.43. The molecule has 12 heteroatoms. The highest BCUT2D eigenvalue weighted by molar-refractivity contribution is 9.10. The van der Waals surface area contributed by atoms with Gasteiger partial charge in [-0.2, -0.15) is 0 Å². The Kier molecular flexibility index (Phi) is 32.0. The molecule has 7 nitrogen and oxygen atoms in total. The summed E-state index contributed by atoms with van der Waals surface area (Å²) in [5.74, 6) is 0.141. The highest BCUT2D eigenvalue weighted by atomic mass is 79.9. The molecule has 0 saturated carbocycles. The van der Waals surface area contributed by atoms with Crippen LogP contribution in [0.2, 0.25) is 39.3 Å². The quantitative estimate of drug-likeness (QED) is 0.0299. The van der Waals surface area contributed by atoms with E-state index in [1.807, 2.05) is 62.7 Å². The summed E-state index contributed by atoms with van der Waals surface area (Å²) in [4.78, 5) is 24.4. The predicted molar refractivity (Wildman–Crippen MR) is 665 cm³/mol.